The highest BCUT2D eigenvalue weighted by atomic mass is 16.6. The molecular formula is C36H57NO10. The van der Waals surface area contributed by atoms with Crippen molar-refractivity contribution in [3.63, 3.8) is 0 Å². The maximum atomic E-state index is 12.9. The summed E-state index contributed by atoms with van der Waals surface area (Å²) >= 11 is 0. The van der Waals surface area contributed by atoms with Crippen LogP contribution in [-0.2, 0) is 42.9 Å². The molecule has 11 nitrogen and oxygen atoms in total. The summed E-state index contributed by atoms with van der Waals surface area (Å²) in [4.78, 5) is 63.4. The van der Waals surface area contributed by atoms with Crippen LogP contribution in [0.1, 0.15) is 106 Å². The van der Waals surface area contributed by atoms with Gasteiger partial charge >= 0.3 is 23.9 Å². The lowest BCUT2D eigenvalue weighted by Gasteiger charge is -2.62. The minimum Gasteiger partial charge on any atom is -0.465 e. The molecule has 4 aliphatic carbocycles. The lowest BCUT2D eigenvalue weighted by Crippen LogP contribution is -2.56. The number of esters is 4. The van der Waals surface area contributed by atoms with Gasteiger partial charge in [0.25, 0.3) is 0 Å². The van der Waals surface area contributed by atoms with Gasteiger partial charge in [-0.3, -0.25) is 19.3 Å². The number of fused-ring (bicyclic) bond motifs is 5. The second kappa shape index (κ2) is 14.5. The van der Waals surface area contributed by atoms with Crippen LogP contribution in [0.5, 0.6) is 0 Å². The molecule has 8 atom stereocenters. The zero-order valence-electron chi connectivity index (χ0n) is 29.6. The summed E-state index contributed by atoms with van der Waals surface area (Å²) in [7, 11) is 0. The number of hydrogen-bond acceptors (Lipinski definition) is 11. The first-order chi connectivity index (χ1) is 21.9. The summed E-state index contributed by atoms with van der Waals surface area (Å²) in [5.74, 6) is 0.196. The highest BCUT2D eigenvalue weighted by Crippen LogP contribution is 2.68. The van der Waals surface area contributed by atoms with E-state index >= 15 is 0 Å². The summed E-state index contributed by atoms with van der Waals surface area (Å²) in [6.45, 7) is 12.0. The summed E-state index contributed by atoms with van der Waals surface area (Å²) in [5.41, 5.74) is -2.00. The molecule has 0 aromatic heterocycles. The lowest BCUT2D eigenvalue weighted by molar-refractivity contribution is -0.191. The van der Waals surface area contributed by atoms with E-state index in [1.807, 2.05) is 6.92 Å². The Morgan fingerprint density at radius 3 is 2.19 bits per heavy atom. The fraction of sp³-hybridized carbons (Fsp3) is 0.861. The molecule has 0 saturated heterocycles. The van der Waals surface area contributed by atoms with Gasteiger partial charge in [0.05, 0.1) is 13.2 Å². The standard InChI is InChI=1S/C36H57NO10/c1-23(39)27-10-11-28-26-9-8-25-20-34(5,14-15-35(25,6)29(26)12-13-36(27,28)7)47-31(42)22-45-32(43)33(3,4)46-30(41)21-37(16-18-38)17-19-44-24(2)40/h25-29,38H,8-22H2,1-7H3/t25-,26-,27+,28-,29-,34+,35-,36+/m0/s1. The van der Waals surface area contributed by atoms with Crippen molar-refractivity contribution < 1.29 is 48.0 Å². The van der Waals surface area contributed by atoms with Gasteiger partial charge in [-0.25, -0.2) is 9.59 Å². The molecule has 0 aromatic carbocycles. The minimum absolute atomic E-state index is 0.0404. The maximum absolute atomic E-state index is 12.9. The van der Waals surface area contributed by atoms with E-state index in [1.54, 1.807) is 6.92 Å². The molecule has 0 aromatic rings. The lowest BCUT2D eigenvalue weighted by atomic mass is 9.44. The molecule has 0 heterocycles. The number of aliphatic hydroxyl groups excluding tert-OH is 1. The number of Topliss-reactive ketones (excluding diaryl/α,β-unsaturated/α-hetero) is 1. The van der Waals surface area contributed by atoms with Gasteiger partial charge in [-0.1, -0.05) is 13.8 Å². The molecule has 0 radical (unpaired) electrons. The molecule has 47 heavy (non-hydrogen) atoms. The highest BCUT2D eigenvalue weighted by molar-refractivity contribution is 5.85. The molecule has 4 aliphatic rings. The third-order valence-electron chi connectivity index (χ3n) is 12.5. The zero-order valence-corrected chi connectivity index (χ0v) is 29.6. The fourth-order valence-corrected chi connectivity index (χ4v) is 10.1. The molecule has 1 N–H and O–H groups in total. The van der Waals surface area contributed by atoms with Crippen molar-refractivity contribution >= 4 is 29.7 Å². The molecule has 0 amide bonds. The fourth-order valence-electron chi connectivity index (χ4n) is 10.1. The van der Waals surface area contributed by atoms with Crippen LogP contribution in [0.4, 0.5) is 0 Å². The van der Waals surface area contributed by atoms with E-state index in [0.29, 0.717) is 29.5 Å². The summed E-state index contributed by atoms with van der Waals surface area (Å²) in [6.07, 6.45) is 9.21. The Morgan fingerprint density at radius 1 is 0.830 bits per heavy atom. The summed E-state index contributed by atoms with van der Waals surface area (Å²) in [6, 6.07) is 0. The van der Waals surface area contributed by atoms with E-state index in [2.05, 4.69) is 13.8 Å². The smallest absolute Gasteiger partial charge is 0.350 e. The molecule has 0 spiro atoms. The van der Waals surface area contributed by atoms with Crippen molar-refractivity contribution in [1.29, 1.82) is 0 Å². The van der Waals surface area contributed by atoms with Crippen LogP contribution in [0.3, 0.4) is 0 Å². The van der Waals surface area contributed by atoms with Crippen molar-refractivity contribution in [2.45, 2.75) is 117 Å². The minimum atomic E-state index is -1.66. The molecular weight excluding hydrogens is 606 g/mol. The first-order valence-corrected chi connectivity index (χ1v) is 17.5. The van der Waals surface area contributed by atoms with Gasteiger partial charge in [0.15, 0.2) is 6.61 Å². The molecule has 4 fully saturated rings. The van der Waals surface area contributed by atoms with Gasteiger partial charge in [0.2, 0.25) is 5.60 Å². The Labute approximate surface area is 279 Å². The predicted octanol–water partition coefficient (Wildman–Crippen LogP) is 4.26. The number of carbonyl (C=O) groups excluding carboxylic acids is 5. The van der Waals surface area contributed by atoms with Crippen LogP contribution in [0.2, 0.25) is 0 Å². The Bertz CT molecular complexity index is 1200. The third-order valence-corrected chi connectivity index (χ3v) is 12.5. The normalized spacial score (nSPS) is 34.8. The van der Waals surface area contributed by atoms with Crippen LogP contribution < -0.4 is 0 Å². The Hall–Kier alpha value is -2.53. The SMILES string of the molecule is CC(=O)OCCN(CCO)CC(=O)OC(C)(C)C(=O)OCC(=O)O[C@]1(C)CC[C@@]2(C)[C@@H](CC[C@@H]3[C@@H]2CC[C@]2(C)[C@@H](C(C)=O)CC[C@@H]32)C1. The number of rotatable bonds is 13. The van der Waals surface area contributed by atoms with E-state index in [1.165, 1.54) is 25.7 Å². The second-order valence-electron chi connectivity index (χ2n) is 16.0. The van der Waals surface area contributed by atoms with E-state index in [-0.39, 0.29) is 49.6 Å². The zero-order chi connectivity index (χ0) is 34.8. The molecule has 4 rings (SSSR count). The van der Waals surface area contributed by atoms with Crippen molar-refractivity contribution in [2.75, 3.05) is 39.5 Å². The largest absolute Gasteiger partial charge is 0.465 e. The van der Waals surface area contributed by atoms with Crippen LogP contribution in [0, 0.1) is 40.4 Å². The number of nitrogens with zero attached hydrogens (tertiary/aromatic N) is 1. The van der Waals surface area contributed by atoms with E-state index in [0.717, 1.165) is 57.8 Å². The van der Waals surface area contributed by atoms with Crippen LogP contribution in [-0.4, -0.2) is 90.3 Å². The Kier molecular flexibility index (Phi) is 11.5. The molecule has 0 aliphatic heterocycles. The van der Waals surface area contributed by atoms with Gasteiger partial charge in [0.1, 0.15) is 18.0 Å². The number of ketones is 1. The van der Waals surface area contributed by atoms with Gasteiger partial charge in [-0.2, -0.15) is 0 Å². The van der Waals surface area contributed by atoms with Gasteiger partial charge in [-0.05, 0) is 120 Å². The Morgan fingerprint density at radius 2 is 1.53 bits per heavy atom. The number of carbonyl (C=O) groups is 5. The van der Waals surface area contributed by atoms with Crippen molar-refractivity contribution in [1.82, 2.24) is 4.90 Å². The van der Waals surface area contributed by atoms with Gasteiger partial charge in [0, 0.05) is 25.9 Å². The monoisotopic (exact) mass is 663 g/mol. The molecule has 0 unspecified atom stereocenters. The molecule has 4 saturated carbocycles. The average molecular weight is 664 g/mol. The maximum Gasteiger partial charge on any atom is 0.350 e. The first-order valence-electron chi connectivity index (χ1n) is 17.5. The molecule has 0 bridgehead atoms. The summed E-state index contributed by atoms with van der Waals surface area (Å²) in [5, 5.41) is 9.28. The second-order valence-corrected chi connectivity index (χ2v) is 16.0. The van der Waals surface area contributed by atoms with Crippen molar-refractivity contribution in [3.05, 3.63) is 0 Å². The highest BCUT2D eigenvalue weighted by Gasteiger charge is 2.62. The van der Waals surface area contributed by atoms with Crippen molar-refractivity contribution in [2.24, 2.45) is 40.4 Å². The molecule has 11 heteroatoms. The van der Waals surface area contributed by atoms with Crippen molar-refractivity contribution in [3.8, 4) is 0 Å². The average Bonchev–Trinajstić information content (AvgIpc) is 3.33. The van der Waals surface area contributed by atoms with E-state index < -0.39 is 41.7 Å². The van der Waals surface area contributed by atoms with Crippen LogP contribution in [0.25, 0.3) is 0 Å². The van der Waals surface area contributed by atoms with Gasteiger partial charge in [-0.15, -0.1) is 0 Å². The van der Waals surface area contributed by atoms with Gasteiger partial charge < -0.3 is 24.1 Å². The number of ether oxygens (including phenoxy) is 4. The Balaban J connectivity index is 1.26. The van der Waals surface area contributed by atoms with E-state index in [4.69, 9.17) is 18.9 Å². The topological polar surface area (TPSA) is 146 Å². The quantitative estimate of drug-likeness (QED) is 0.223. The molecule has 266 valence electrons. The predicted molar refractivity (Wildman–Crippen MR) is 172 cm³/mol. The van der Waals surface area contributed by atoms with E-state index in [9.17, 15) is 29.1 Å². The van der Waals surface area contributed by atoms with Crippen LogP contribution >= 0.6 is 0 Å². The van der Waals surface area contributed by atoms with Crippen LogP contribution in [0.15, 0.2) is 0 Å². The number of hydrogen-bond donors (Lipinski definition) is 1. The summed E-state index contributed by atoms with van der Waals surface area (Å²) < 4.78 is 21.5. The third kappa shape index (κ3) is 8.20. The number of aliphatic hydroxyl groups is 1. The first kappa shape index (κ1) is 37.3.